The van der Waals surface area contributed by atoms with Gasteiger partial charge < -0.3 is 4.57 Å². The van der Waals surface area contributed by atoms with Gasteiger partial charge in [-0.1, -0.05) is 121 Å². The van der Waals surface area contributed by atoms with Crippen LogP contribution in [0.5, 0.6) is 0 Å². The second kappa shape index (κ2) is 10.5. The fourth-order valence-electron chi connectivity index (χ4n) is 7.40. The van der Waals surface area contributed by atoms with Gasteiger partial charge in [0, 0.05) is 32.8 Å². The van der Waals surface area contributed by atoms with Gasteiger partial charge in [-0.3, -0.25) is 4.57 Å². The Morgan fingerprint density at radius 2 is 0.896 bits per heavy atom. The van der Waals surface area contributed by atoms with Crippen molar-refractivity contribution in [2.24, 2.45) is 0 Å². The Kier molecular flexibility index (Phi) is 5.84. The number of aromatic nitrogens is 4. The van der Waals surface area contributed by atoms with E-state index in [4.69, 9.17) is 9.97 Å². The fourth-order valence-corrected chi connectivity index (χ4v) is 7.40. The van der Waals surface area contributed by atoms with Gasteiger partial charge in [0.2, 0.25) is 0 Å². The molecule has 0 fully saturated rings. The second-order valence-corrected chi connectivity index (χ2v) is 12.2. The van der Waals surface area contributed by atoms with Gasteiger partial charge in [-0.05, 0) is 59.7 Å². The zero-order valence-corrected chi connectivity index (χ0v) is 26.0. The van der Waals surface area contributed by atoms with Crippen LogP contribution in [0.2, 0.25) is 0 Å². The Morgan fingerprint density at radius 1 is 0.354 bits per heavy atom. The first-order valence-electron chi connectivity index (χ1n) is 16.3. The molecule has 0 amide bonds. The zero-order valence-electron chi connectivity index (χ0n) is 26.0. The van der Waals surface area contributed by atoms with E-state index in [-0.39, 0.29) is 0 Å². The van der Waals surface area contributed by atoms with Crippen molar-refractivity contribution in [3.05, 3.63) is 170 Å². The van der Waals surface area contributed by atoms with Crippen LogP contribution in [0, 0.1) is 0 Å². The maximum absolute atomic E-state index is 5.47. The van der Waals surface area contributed by atoms with Crippen LogP contribution < -0.4 is 0 Å². The molecule has 0 bridgehead atoms. The molecule has 48 heavy (non-hydrogen) atoms. The molecule has 0 atom stereocenters. The molecule has 4 heteroatoms. The molecule has 10 rings (SSSR count). The normalized spacial score (nSPS) is 11.8. The van der Waals surface area contributed by atoms with Gasteiger partial charge in [0.25, 0.3) is 0 Å². The van der Waals surface area contributed by atoms with Gasteiger partial charge in [0.05, 0.1) is 33.1 Å². The Labute approximate surface area is 276 Å². The van der Waals surface area contributed by atoms with Gasteiger partial charge in [0.1, 0.15) is 5.69 Å². The van der Waals surface area contributed by atoms with Crippen molar-refractivity contribution in [2.45, 2.75) is 0 Å². The molecule has 4 nitrogen and oxygen atoms in total. The van der Waals surface area contributed by atoms with E-state index in [1.807, 2.05) is 12.1 Å². The summed E-state index contributed by atoms with van der Waals surface area (Å²) in [5, 5.41) is 4.87. The lowest BCUT2D eigenvalue weighted by atomic mass is 10.0. The Morgan fingerprint density at radius 3 is 1.56 bits per heavy atom. The smallest absolute Gasteiger partial charge is 0.165 e. The molecule has 0 aliphatic heterocycles. The molecule has 0 aliphatic carbocycles. The van der Waals surface area contributed by atoms with Crippen LogP contribution >= 0.6 is 0 Å². The first-order chi connectivity index (χ1) is 23.8. The summed E-state index contributed by atoms with van der Waals surface area (Å²) in [6, 6.07) is 59.9. The number of hydrogen-bond donors (Lipinski definition) is 0. The number of rotatable bonds is 4. The van der Waals surface area contributed by atoms with Crippen LogP contribution in [0.25, 0.3) is 88.5 Å². The first-order valence-corrected chi connectivity index (χ1v) is 16.3. The highest BCUT2D eigenvalue weighted by molar-refractivity contribution is 6.29. The number of para-hydroxylation sites is 3. The van der Waals surface area contributed by atoms with E-state index < -0.39 is 0 Å². The molecule has 7 aromatic carbocycles. The predicted octanol–water partition coefficient (Wildman–Crippen LogP) is 11.2. The van der Waals surface area contributed by atoms with Crippen LogP contribution in [-0.4, -0.2) is 19.1 Å². The first kappa shape index (κ1) is 26.7. The molecule has 3 heterocycles. The van der Waals surface area contributed by atoms with Gasteiger partial charge in [-0.15, -0.1) is 0 Å². The van der Waals surface area contributed by atoms with Gasteiger partial charge in [-0.25, -0.2) is 9.97 Å². The Bertz CT molecular complexity index is 2810. The van der Waals surface area contributed by atoms with E-state index in [0.29, 0.717) is 0 Å². The minimum absolute atomic E-state index is 0.816. The number of nitrogens with zero attached hydrogens (tertiary/aromatic N) is 4. The lowest BCUT2D eigenvalue weighted by Crippen LogP contribution is -2.04. The molecule has 0 unspecified atom stereocenters. The summed E-state index contributed by atoms with van der Waals surface area (Å²) in [5.41, 5.74) is 11.6. The van der Waals surface area contributed by atoms with Crippen LogP contribution in [0.15, 0.2) is 170 Å². The minimum Gasteiger partial charge on any atom is -0.309 e. The highest BCUT2D eigenvalue weighted by Gasteiger charge is 2.23. The minimum atomic E-state index is 0.816. The highest BCUT2D eigenvalue weighted by atomic mass is 15.1. The van der Waals surface area contributed by atoms with Crippen LogP contribution in [0.3, 0.4) is 0 Å². The summed E-state index contributed by atoms with van der Waals surface area (Å²) < 4.78 is 4.70. The SMILES string of the molecule is c1ccc(-c2ccc3nc(-c4ccccc4)c(-n4c5ccccc5c5c6c7ccccc7n(-c7ccccc7)c6ccc54)nc3c2)cc1. The van der Waals surface area contributed by atoms with Crippen LogP contribution in [0.4, 0.5) is 0 Å². The van der Waals surface area contributed by atoms with E-state index >= 15 is 0 Å². The topological polar surface area (TPSA) is 35.6 Å². The lowest BCUT2D eigenvalue weighted by molar-refractivity contribution is 1.08. The molecular formula is C44H28N4. The van der Waals surface area contributed by atoms with E-state index in [2.05, 4.69) is 167 Å². The molecule has 0 aliphatic rings. The van der Waals surface area contributed by atoms with Gasteiger partial charge in [0.15, 0.2) is 5.82 Å². The molecule has 224 valence electrons. The zero-order chi connectivity index (χ0) is 31.6. The lowest BCUT2D eigenvalue weighted by Gasteiger charge is -2.14. The molecule has 0 saturated heterocycles. The number of benzene rings is 7. The summed E-state index contributed by atoms with van der Waals surface area (Å²) in [6.45, 7) is 0. The molecule has 3 aromatic heterocycles. The highest BCUT2D eigenvalue weighted by Crippen LogP contribution is 2.43. The standard InChI is InChI=1S/C44H28N4/c1-4-14-29(15-5-1)31-24-25-35-36(28-31)46-44(43(45-35)30-16-6-2-7-17-30)48-38-23-13-11-21-34(38)42-40(48)27-26-39-41(42)33-20-10-12-22-37(33)47(39)32-18-8-3-9-19-32/h1-28H. The molecule has 0 N–H and O–H groups in total. The van der Waals surface area contributed by atoms with E-state index in [1.54, 1.807) is 0 Å². The number of fused-ring (bicyclic) bond motifs is 8. The van der Waals surface area contributed by atoms with Crippen molar-refractivity contribution >= 4 is 54.6 Å². The maximum atomic E-state index is 5.47. The fraction of sp³-hybridized carbons (Fsp3) is 0. The third kappa shape index (κ3) is 3.96. The summed E-state index contributed by atoms with van der Waals surface area (Å²) in [6.07, 6.45) is 0. The summed E-state index contributed by atoms with van der Waals surface area (Å²) >= 11 is 0. The molecule has 0 saturated carbocycles. The third-order valence-corrected chi connectivity index (χ3v) is 9.50. The Balaban J connectivity index is 1.34. The molecule has 10 aromatic rings. The monoisotopic (exact) mass is 612 g/mol. The van der Waals surface area contributed by atoms with Crippen molar-refractivity contribution < 1.29 is 0 Å². The second-order valence-electron chi connectivity index (χ2n) is 12.2. The molecule has 0 spiro atoms. The van der Waals surface area contributed by atoms with Crippen molar-refractivity contribution in [2.75, 3.05) is 0 Å². The van der Waals surface area contributed by atoms with Gasteiger partial charge in [-0.2, -0.15) is 0 Å². The maximum Gasteiger partial charge on any atom is 0.165 e. The summed E-state index contributed by atoms with van der Waals surface area (Å²) in [5.74, 6) is 0.816. The van der Waals surface area contributed by atoms with Crippen LogP contribution in [0.1, 0.15) is 0 Å². The largest absolute Gasteiger partial charge is 0.309 e. The van der Waals surface area contributed by atoms with Gasteiger partial charge >= 0.3 is 0 Å². The quantitative estimate of drug-likeness (QED) is 0.198. The summed E-state index contributed by atoms with van der Waals surface area (Å²) in [7, 11) is 0. The average molecular weight is 613 g/mol. The average Bonchev–Trinajstić information content (AvgIpc) is 3.68. The van der Waals surface area contributed by atoms with E-state index in [9.17, 15) is 0 Å². The van der Waals surface area contributed by atoms with Crippen molar-refractivity contribution in [1.29, 1.82) is 0 Å². The van der Waals surface area contributed by atoms with E-state index in [1.165, 1.54) is 32.6 Å². The predicted molar refractivity (Wildman–Crippen MR) is 199 cm³/mol. The van der Waals surface area contributed by atoms with Crippen molar-refractivity contribution in [1.82, 2.24) is 19.1 Å². The van der Waals surface area contributed by atoms with E-state index in [0.717, 1.165) is 56.0 Å². The third-order valence-electron chi connectivity index (χ3n) is 9.50. The van der Waals surface area contributed by atoms with Crippen molar-refractivity contribution in [3.8, 4) is 33.9 Å². The molecular weight excluding hydrogens is 585 g/mol. The van der Waals surface area contributed by atoms with Crippen LogP contribution in [-0.2, 0) is 0 Å². The van der Waals surface area contributed by atoms with Crippen molar-refractivity contribution in [3.63, 3.8) is 0 Å². The number of hydrogen-bond acceptors (Lipinski definition) is 2. The molecule has 0 radical (unpaired) electrons. The summed E-state index contributed by atoms with van der Waals surface area (Å²) in [4.78, 5) is 10.8. The Hall–Kier alpha value is -6.52.